The Labute approximate surface area is 183 Å². The molecule has 8 nitrogen and oxygen atoms in total. The van der Waals surface area contributed by atoms with E-state index in [1.807, 2.05) is 30.3 Å². The second-order valence-electron chi connectivity index (χ2n) is 7.01. The number of nitrogens with one attached hydrogen (secondary N) is 1. The molecule has 0 saturated heterocycles. The molecule has 1 unspecified atom stereocenters. The number of nitrogens with zero attached hydrogens (tertiary/aromatic N) is 1. The standard InChI is InChI=1S/C22H28N2O6S/c1-17(22(26)30-3)15-24(16-18-7-5-4-6-8-18)21(25)19-9-11-20(12-10-19)31(27,28)23-13-14-29-2/h4-12,17,23H,13-16H2,1-3H3. The molecule has 0 fully saturated rings. The predicted octanol–water partition coefficient (Wildman–Crippen LogP) is 2.06. The van der Waals surface area contributed by atoms with Crippen LogP contribution in [0.25, 0.3) is 0 Å². The fourth-order valence-corrected chi connectivity index (χ4v) is 3.96. The minimum absolute atomic E-state index is 0.0534. The first-order valence-corrected chi connectivity index (χ1v) is 11.3. The number of carbonyl (C=O) groups excluding carboxylic acids is 2. The van der Waals surface area contributed by atoms with Gasteiger partial charge in [-0.1, -0.05) is 37.3 Å². The molecule has 0 aliphatic carbocycles. The lowest BCUT2D eigenvalue weighted by molar-refractivity contribution is -0.145. The van der Waals surface area contributed by atoms with Crippen molar-refractivity contribution >= 4 is 21.9 Å². The van der Waals surface area contributed by atoms with Crippen LogP contribution in [0.1, 0.15) is 22.8 Å². The normalized spacial score (nSPS) is 12.2. The highest BCUT2D eigenvalue weighted by Gasteiger charge is 2.23. The van der Waals surface area contributed by atoms with Crippen molar-refractivity contribution in [2.75, 3.05) is 33.9 Å². The number of rotatable bonds is 11. The van der Waals surface area contributed by atoms with E-state index in [2.05, 4.69) is 4.72 Å². The summed E-state index contributed by atoms with van der Waals surface area (Å²) in [6.07, 6.45) is 0. The number of sulfonamides is 1. The zero-order valence-corrected chi connectivity index (χ0v) is 18.7. The van der Waals surface area contributed by atoms with Gasteiger partial charge in [-0.15, -0.1) is 0 Å². The third-order valence-corrected chi connectivity index (χ3v) is 6.09. The third kappa shape index (κ3) is 7.16. The van der Waals surface area contributed by atoms with Crippen molar-refractivity contribution in [1.29, 1.82) is 0 Å². The van der Waals surface area contributed by atoms with Gasteiger partial charge < -0.3 is 14.4 Å². The van der Waals surface area contributed by atoms with E-state index in [-0.39, 0.29) is 30.5 Å². The molecule has 2 aromatic rings. The van der Waals surface area contributed by atoms with Crippen molar-refractivity contribution < 1.29 is 27.5 Å². The number of ether oxygens (including phenoxy) is 2. The Hall–Kier alpha value is -2.75. The summed E-state index contributed by atoms with van der Waals surface area (Å²) in [6, 6.07) is 15.1. The molecule has 0 bridgehead atoms. The molecule has 1 atom stereocenters. The lowest BCUT2D eigenvalue weighted by Crippen LogP contribution is -2.37. The van der Waals surface area contributed by atoms with Gasteiger partial charge in [0.15, 0.2) is 0 Å². The van der Waals surface area contributed by atoms with E-state index in [1.165, 1.54) is 38.5 Å². The van der Waals surface area contributed by atoms with E-state index in [1.54, 1.807) is 11.8 Å². The number of carbonyl (C=O) groups is 2. The van der Waals surface area contributed by atoms with Gasteiger partial charge in [-0.2, -0.15) is 0 Å². The SMILES string of the molecule is COCCNS(=O)(=O)c1ccc(C(=O)N(Cc2ccccc2)CC(C)C(=O)OC)cc1. The van der Waals surface area contributed by atoms with Crippen LogP contribution in [0.4, 0.5) is 0 Å². The summed E-state index contributed by atoms with van der Waals surface area (Å²) >= 11 is 0. The predicted molar refractivity (Wildman–Crippen MR) is 116 cm³/mol. The Morgan fingerprint density at radius 2 is 1.68 bits per heavy atom. The molecule has 2 aromatic carbocycles. The largest absolute Gasteiger partial charge is 0.469 e. The molecule has 1 N–H and O–H groups in total. The molecule has 9 heteroatoms. The van der Waals surface area contributed by atoms with Crippen LogP contribution in [0.3, 0.4) is 0 Å². The Bertz CT molecular complexity index is 961. The van der Waals surface area contributed by atoms with Crippen molar-refractivity contribution in [1.82, 2.24) is 9.62 Å². The maximum Gasteiger partial charge on any atom is 0.310 e. The molecule has 1 amide bonds. The van der Waals surface area contributed by atoms with Gasteiger partial charge in [0.05, 0.1) is 24.5 Å². The van der Waals surface area contributed by atoms with Crippen molar-refractivity contribution in [3.05, 3.63) is 65.7 Å². The number of benzene rings is 2. The highest BCUT2D eigenvalue weighted by Crippen LogP contribution is 2.16. The van der Waals surface area contributed by atoms with E-state index < -0.39 is 21.9 Å². The molecule has 0 aliphatic rings. The number of methoxy groups -OCH3 is 2. The highest BCUT2D eigenvalue weighted by atomic mass is 32.2. The Morgan fingerprint density at radius 3 is 2.26 bits per heavy atom. The lowest BCUT2D eigenvalue weighted by Gasteiger charge is -2.25. The number of hydrogen-bond donors (Lipinski definition) is 1. The molecule has 0 spiro atoms. The maximum atomic E-state index is 13.2. The molecule has 0 aromatic heterocycles. The smallest absolute Gasteiger partial charge is 0.310 e. The van der Waals surface area contributed by atoms with Gasteiger partial charge >= 0.3 is 5.97 Å². The molecule has 31 heavy (non-hydrogen) atoms. The van der Waals surface area contributed by atoms with Crippen molar-refractivity contribution in [2.45, 2.75) is 18.4 Å². The molecular weight excluding hydrogens is 420 g/mol. The van der Waals surface area contributed by atoms with Crippen LogP contribution in [-0.4, -0.2) is 59.1 Å². The van der Waals surface area contributed by atoms with Crippen LogP contribution >= 0.6 is 0 Å². The minimum Gasteiger partial charge on any atom is -0.469 e. The molecule has 0 radical (unpaired) electrons. The van der Waals surface area contributed by atoms with Crippen molar-refractivity contribution in [3.63, 3.8) is 0 Å². The quantitative estimate of drug-likeness (QED) is 0.417. The number of esters is 1. The van der Waals surface area contributed by atoms with Crippen LogP contribution in [0.2, 0.25) is 0 Å². The molecule has 0 saturated carbocycles. The summed E-state index contributed by atoms with van der Waals surface area (Å²) in [6.45, 7) is 2.57. The molecule has 2 rings (SSSR count). The van der Waals surface area contributed by atoms with E-state index in [4.69, 9.17) is 9.47 Å². The van der Waals surface area contributed by atoms with Crippen LogP contribution in [0.5, 0.6) is 0 Å². The number of hydrogen-bond acceptors (Lipinski definition) is 6. The Kier molecular flexibility index (Phi) is 9.17. The molecule has 168 valence electrons. The topological polar surface area (TPSA) is 102 Å². The lowest BCUT2D eigenvalue weighted by atomic mass is 10.1. The summed E-state index contributed by atoms with van der Waals surface area (Å²) in [4.78, 5) is 26.6. The molecule has 0 heterocycles. The first-order valence-electron chi connectivity index (χ1n) is 9.78. The first kappa shape index (κ1) is 24.5. The van der Waals surface area contributed by atoms with Crippen LogP contribution in [-0.2, 0) is 30.8 Å². The van der Waals surface area contributed by atoms with Gasteiger partial charge in [0.1, 0.15) is 0 Å². The van der Waals surface area contributed by atoms with E-state index >= 15 is 0 Å². The molecular formula is C22H28N2O6S. The van der Waals surface area contributed by atoms with Gasteiger partial charge in [-0.3, -0.25) is 9.59 Å². The van der Waals surface area contributed by atoms with Crippen LogP contribution < -0.4 is 4.72 Å². The number of amides is 1. The fraction of sp³-hybridized carbons (Fsp3) is 0.364. The monoisotopic (exact) mass is 448 g/mol. The summed E-state index contributed by atoms with van der Waals surface area (Å²) < 4.78 is 36.7. The second-order valence-corrected chi connectivity index (χ2v) is 8.78. The molecule has 0 aliphatic heterocycles. The van der Waals surface area contributed by atoms with Crippen LogP contribution in [0.15, 0.2) is 59.5 Å². The zero-order valence-electron chi connectivity index (χ0n) is 17.9. The summed E-state index contributed by atoms with van der Waals surface area (Å²) in [5.41, 5.74) is 1.23. The highest BCUT2D eigenvalue weighted by molar-refractivity contribution is 7.89. The maximum absolute atomic E-state index is 13.2. The fourth-order valence-electron chi connectivity index (χ4n) is 2.95. The average molecular weight is 449 g/mol. The first-order chi connectivity index (χ1) is 14.8. The average Bonchev–Trinajstić information content (AvgIpc) is 2.78. The van der Waals surface area contributed by atoms with Gasteiger partial charge in [-0.05, 0) is 29.8 Å². The summed E-state index contributed by atoms with van der Waals surface area (Å²) in [5, 5.41) is 0. The van der Waals surface area contributed by atoms with Crippen LogP contribution in [0, 0.1) is 5.92 Å². The van der Waals surface area contributed by atoms with Gasteiger partial charge in [-0.25, -0.2) is 13.1 Å². The van der Waals surface area contributed by atoms with E-state index in [0.29, 0.717) is 12.1 Å². The summed E-state index contributed by atoms with van der Waals surface area (Å²) in [7, 11) is -0.903. The van der Waals surface area contributed by atoms with Gasteiger partial charge in [0.25, 0.3) is 5.91 Å². The third-order valence-electron chi connectivity index (χ3n) is 4.61. The van der Waals surface area contributed by atoms with E-state index in [0.717, 1.165) is 5.56 Å². The van der Waals surface area contributed by atoms with Gasteiger partial charge in [0.2, 0.25) is 10.0 Å². The van der Waals surface area contributed by atoms with Gasteiger partial charge in [0, 0.05) is 32.3 Å². The Morgan fingerprint density at radius 1 is 1.03 bits per heavy atom. The van der Waals surface area contributed by atoms with Crippen molar-refractivity contribution in [2.24, 2.45) is 5.92 Å². The zero-order chi connectivity index (χ0) is 22.9. The Balaban J connectivity index is 2.21. The van der Waals surface area contributed by atoms with E-state index in [9.17, 15) is 18.0 Å². The summed E-state index contributed by atoms with van der Waals surface area (Å²) in [5.74, 6) is -1.23. The van der Waals surface area contributed by atoms with Crippen molar-refractivity contribution in [3.8, 4) is 0 Å². The second kappa shape index (κ2) is 11.6. The minimum atomic E-state index is -3.69.